The minimum atomic E-state index is -1.29. The molecular weight excluding hydrogens is 490 g/mol. The highest BCUT2D eigenvalue weighted by atomic mass is 32.2. The van der Waals surface area contributed by atoms with Gasteiger partial charge in [0.15, 0.2) is 4.34 Å². The van der Waals surface area contributed by atoms with Crippen LogP contribution in [0.3, 0.4) is 0 Å². The number of fused-ring (bicyclic) bond motifs is 3. The van der Waals surface area contributed by atoms with Gasteiger partial charge in [-0.2, -0.15) is 0 Å². The van der Waals surface area contributed by atoms with E-state index in [0.29, 0.717) is 28.7 Å². The van der Waals surface area contributed by atoms with Crippen LogP contribution in [0.2, 0.25) is 0 Å². The molecule has 0 saturated heterocycles. The second-order valence-electron chi connectivity index (χ2n) is 8.75. The third-order valence-corrected chi connectivity index (χ3v) is 9.32. The fourth-order valence-electron chi connectivity index (χ4n) is 4.63. The lowest BCUT2D eigenvalue weighted by molar-refractivity contribution is -0.313. The predicted molar refractivity (Wildman–Crippen MR) is 141 cm³/mol. The van der Waals surface area contributed by atoms with Crippen molar-refractivity contribution in [1.82, 2.24) is 4.98 Å². The highest BCUT2D eigenvalue weighted by Gasteiger charge is 2.27. The molecular formula is C29H26NO4S2-. The fraction of sp³-hybridized carbons (Fsp3) is 0.241. The lowest BCUT2D eigenvalue weighted by Gasteiger charge is -2.23. The van der Waals surface area contributed by atoms with Crippen LogP contribution in [0.4, 0.5) is 0 Å². The van der Waals surface area contributed by atoms with E-state index < -0.39 is 22.9 Å². The molecule has 1 heterocycles. The summed E-state index contributed by atoms with van der Waals surface area (Å²) in [5.41, 5.74) is 4.95. The number of carbonyl (C=O) groups is 1. The van der Waals surface area contributed by atoms with Crippen LogP contribution in [0, 0.1) is 0 Å². The zero-order chi connectivity index (χ0) is 25.1. The first-order chi connectivity index (χ1) is 17.5. The summed E-state index contributed by atoms with van der Waals surface area (Å²) >= 11 is 1.51. The molecule has 0 fully saturated rings. The molecule has 0 spiro atoms. The molecule has 36 heavy (non-hydrogen) atoms. The number of ether oxygens (including phenoxy) is 1. The maximum atomic E-state index is 13.6. The van der Waals surface area contributed by atoms with Crippen molar-refractivity contribution >= 4 is 28.1 Å². The summed E-state index contributed by atoms with van der Waals surface area (Å²) in [6, 6.07) is 26.0. The Hall–Kier alpha value is -3.29. The molecule has 1 aliphatic rings. The molecule has 0 radical (unpaired) electrons. The molecule has 0 bridgehead atoms. The Morgan fingerprint density at radius 2 is 1.67 bits per heavy atom. The standard InChI is InChI=1S/C29H27NO4S2/c1-2-24(28(31)32)34-25-15-9-14-22-21(25)16-17-26-27(22)30-29(35-26)36(33)18-23(19-10-5-3-6-11-19)20-12-7-4-8-13-20/h3-15,23-24H,2,16-18H2,1H3,(H,31,32)/p-1. The molecule has 5 rings (SSSR count). The van der Waals surface area contributed by atoms with Gasteiger partial charge in [-0.25, -0.2) is 4.98 Å². The molecule has 3 aromatic carbocycles. The highest BCUT2D eigenvalue weighted by Crippen LogP contribution is 2.41. The summed E-state index contributed by atoms with van der Waals surface area (Å²) in [4.78, 5) is 17.3. The number of carboxylic acids is 1. The van der Waals surface area contributed by atoms with Crippen LogP contribution < -0.4 is 9.84 Å². The molecule has 0 amide bonds. The Bertz CT molecular complexity index is 1350. The molecule has 2 atom stereocenters. The monoisotopic (exact) mass is 516 g/mol. The van der Waals surface area contributed by atoms with E-state index in [0.717, 1.165) is 39.2 Å². The minimum Gasteiger partial charge on any atom is -0.546 e. The lowest BCUT2D eigenvalue weighted by Crippen LogP contribution is -2.39. The van der Waals surface area contributed by atoms with Gasteiger partial charge in [0.1, 0.15) is 11.9 Å². The second kappa shape index (κ2) is 10.8. The summed E-state index contributed by atoms with van der Waals surface area (Å²) < 4.78 is 20.0. The molecule has 184 valence electrons. The summed E-state index contributed by atoms with van der Waals surface area (Å²) in [5, 5.41) is 11.4. The highest BCUT2D eigenvalue weighted by molar-refractivity contribution is 7.87. The maximum absolute atomic E-state index is 13.6. The first kappa shape index (κ1) is 24.4. The molecule has 0 N–H and O–H groups in total. The van der Waals surface area contributed by atoms with Crippen LogP contribution in [0.5, 0.6) is 5.75 Å². The number of nitrogens with zero attached hydrogens (tertiary/aromatic N) is 1. The molecule has 4 aromatic rings. The average molecular weight is 517 g/mol. The maximum Gasteiger partial charge on any atom is 0.181 e. The first-order valence-corrected chi connectivity index (χ1v) is 14.2. The van der Waals surface area contributed by atoms with Crippen molar-refractivity contribution in [3.05, 3.63) is 100 Å². The van der Waals surface area contributed by atoms with E-state index in [9.17, 15) is 14.1 Å². The van der Waals surface area contributed by atoms with Gasteiger partial charge in [-0.1, -0.05) is 79.7 Å². The van der Waals surface area contributed by atoms with Crippen molar-refractivity contribution in [1.29, 1.82) is 0 Å². The Labute approximate surface area is 217 Å². The zero-order valence-electron chi connectivity index (χ0n) is 19.9. The van der Waals surface area contributed by atoms with Crippen LogP contribution in [0.1, 0.15) is 40.8 Å². The minimum absolute atomic E-state index is 0.00273. The van der Waals surface area contributed by atoms with Crippen molar-refractivity contribution in [2.45, 2.75) is 42.5 Å². The van der Waals surface area contributed by atoms with E-state index in [1.165, 1.54) is 11.3 Å². The van der Waals surface area contributed by atoms with E-state index in [4.69, 9.17) is 9.72 Å². The van der Waals surface area contributed by atoms with Gasteiger partial charge < -0.3 is 14.6 Å². The fourth-order valence-corrected chi connectivity index (χ4v) is 7.34. The van der Waals surface area contributed by atoms with Crippen LogP contribution in [-0.4, -0.2) is 27.0 Å². The molecule has 0 aliphatic heterocycles. The van der Waals surface area contributed by atoms with Gasteiger partial charge in [-0.15, -0.1) is 11.3 Å². The molecule has 1 aliphatic carbocycles. The third kappa shape index (κ3) is 4.99. The van der Waals surface area contributed by atoms with Crippen molar-refractivity contribution in [3.8, 4) is 17.0 Å². The Kier molecular flexibility index (Phi) is 7.30. The van der Waals surface area contributed by atoms with Crippen molar-refractivity contribution < 1.29 is 18.8 Å². The van der Waals surface area contributed by atoms with Gasteiger partial charge in [0.2, 0.25) is 0 Å². The van der Waals surface area contributed by atoms with Gasteiger partial charge in [0.25, 0.3) is 0 Å². The topological polar surface area (TPSA) is 79.3 Å². The normalized spacial score (nSPS) is 14.1. The van der Waals surface area contributed by atoms with E-state index in [2.05, 4.69) is 24.3 Å². The first-order valence-electron chi connectivity index (χ1n) is 12.0. The van der Waals surface area contributed by atoms with Crippen LogP contribution in [-0.2, 0) is 28.4 Å². The number of hydrogen-bond acceptors (Lipinski definition) is 6. The average Bonchev–Trinajstić information content (AvgIpc) is 3.36. The zero-order valence-corrected chi connectivity index (χ0v) is 21.5. The van der Waals surface area contributed by atoms with Crippen molar-refractivity contribution in [2.24, 2.45) is 0 Å². The second-order valence-corrected chi connectivity index (χ2v) is 11.5. The van der Waals surface area contributed by atoms with Crippen molar-refractivity contribution in [3.63, 3.8) is 0 Å². The number of aliphatic carboxylic acids is 1. The number of aromatic nitrogens is 1. The molecule has 7 heteroatoms. The predicted octanol–water partition coefficient (Wildman–Crippen LogP) is 4.76. The number of thiazole rings is 1. The number of rotatable bonds is 9. The van der Waals surface area contributed by atoms with Gasteiger partial charge in [0.05, 0.1) is 22.5 Å². The molecule has 0 saturated carbocycles. The number of aryl methyl sites for hydroxylation is 1. The van der Waals surface area contributed by atoms with Gasteiger partial charge >= 0.3 is 0 Å². The van der Waals surface area contributed by atoms with Gasteiger partial charge in [0, 0.05) is 27.7 Å². The van der Waals surface area contributed by atoms with E-state index in [1.54, 1.807) is 13.0 Å². The Balaban J connectivity index is 1.44. The van der Waals surface area contributed by atoms with Crippen LogP contribution in [0.15, 0.2) is 83.2 Å². The molecule has 2 unspecified atom stereocenters. The number of hydrogen-bond donors (Lipinski definition) is 0. The molecule has 1 aromatic heterocycles. The van der Waals surface area contributed by atoms with Gasteiger partial charge in [-0.3, -0.25) is 4.21 Å². The summed E-state index contributed by atoms with van der Waals surface area (Å²) in [6.45, 7) is 1.76. The van der Waals surface area contributed by atoms with Crippen molar-refractivity contribution in [2.75, 3.05) is 5.75 Å². The Morgan fingerprint density at radius 1 is 1.00 bits per heavy atom. The summed E-state index contributed by atoms with van der Waals surface area (Å²) in [6.07, 6.45) is 0.790. The quantitative estimate of drug-likeness (QED) is 0.321. The van der Waals surface area contributed by atoms with Crippen LogP contribution >= 0.6 is 11.3 Å². The smallest absolute Gasteiger partial charge is 0.181 e. The third-order valence-electron chi connectivity index (χ3n) is 6.49. The van der Waals surface area contributed by atoms with Crippen LogP contribution in [0.25, 0.3) is 11.3 Å². The summed E-state index contributed by atoms with van der Waals surface area (Å²) in [7, 11) is -1.29. The number of carbonyl (C=O) groups excluding carboxylic acids is 1. The Morgan fingerprint density at radius 3 is 2.28 bits per heavy atom. The SMILES string of the molecule is CCC(Oc1cccc2c1CCc1sc(S(=O)CC(c3ccccc3)c3ccccc3)nc1-2)C(=O)[O-]. The number of benzene rings is 3. The van der Waals surface area contributed by atoms with E-state index in [1.807, 2.05) is 48.5 Å². The largest absolute Gasteiger partial charge is 0.546 e. The van der Waals surface area contributed by atoms with Gasteiger partial charge in [-0.05, 0) is 36.5 Å². The lowest BCUT2D eigenvalue weighted by atomic mass is 9.92. The van der Waals surface area contributed by atoms with E-state index >= 15 is 0 Å². The summed E-state index contributed by atoms with van der Waals surface area (Å²) in [5.74, 6) is -0.222. The number of carboxylic acid groups (broad SMARTS) is 1. The molecule has 5 nitrogen and oxygen atoms in total. The van der Waals surface area contributed by atoms with E-state index in [-0.39, 0.29) is 5.92 Å².